The first-order valence-corrected chi connectivity index (χ1v) is 20.0. The van der Waals surface area contributed by atoms with E-state index >= 15 is 0 Å². The van der Waals surface area contributed by atoms with Crippen molar-refractivity contribution in [2.45, 2.75) is 0 Å². The Bertz CT molecular complexity index is 3390. The van der Waals surface area contributed by atoms with Crippen molar-refractivity contribution >= 4 is 102 Å². The minimum absolute atomic E-state index is 0.0345. The summed E-state index contributed by atoms with van der Waals surface area (Å²) < 4.78 is 2.48. The summed E-state index contributed by atoms with van der Waals surface area (Å²) in [5.74, 6) is 0. The van der Waals surface area contributed by atoms with Gasteiger partial charge in [-0.3, -0.25) is 0 Å². The van der Waals surface area contributed by atoms with Crippen molar-refractivity contribution < 1.29 is 0 Å². The van der Waals surface area contributed by atoms with Gasteiger partial charge in [0.25, 0.3) is 6.71 Å². The van der Waals surface area contributed by atoms with Gasteiger partial charge in [-0.05, 0) is 97.7 Å². The lowest BCUT2D eigenvalue weighted by atomic mass is 9.30. The van der Waals surface area contributed by atoms with Crippen LogP contribution in [0.25, 0.3) is 60.5 Å². The number of rotatable bonds is 2. The highest BCUT2D eigenvalue weighted by Gasteiger charge is 2.51. The van der Waals surface area contributed by atoms with Crippen LogP contribution >= 0.6 is 0 Å². The molecule has 0 bridgehead atoms. The number of nitrogens with zero attached hydrogens (tertiary/aromatic N) is 3. The fraction of sp³-hybridized carbons (Fsp3) is 0. The molecule has 0 amide bonds. The van der Waals surface area contributed by atoms with Gasteiger partial charge in [0, 0.05) is 56.0 Å². The van der Waals surface area contributed by atoms with Gasteiger partial charge in [-0.25, -0.2) is 0 Å². The van der Waals surface area contributed by atoms with Crippen molar-refractivity contribution in [2.24, 2.45) is 0 Å². The zero-order valence-electron chi connectivity index (χ0n) is 30.9. The normalized spacial score (nSPS) is 13.8. The summed E-state index contributed by atoms with van der Waals surface area (Å²) in [6, 6.07) is 70.6. The molecule has 0 radical (unpaired) electrons. The molecule has 10 aromatic rings. The quantitative estimate of drug-likeness (QED) is 0.165. The largest absolute Gasteiger partial charge is 0.377 e. The topological polar surface area (TPSA) is 11.4 Å². The van der Waals surface area contributed by atoms with Gasteiger partial charge < -0.3 is 14.3 Å². The van der Waals surface area contributed by atoms with E-state index < -0.39 is 0 Å². The second-order valence-electron chi connectivity index (χ2n) is 16.0. The molecule has 5 heteroatoms. The molecule has 5 heterocycles. The smallest absolute Gasteiger partial charge is 0.329 e. The van der Waals surface area contributed by atoms with Crippen molar-refractivity contribution in [2.75, 3.05) is 9.71 Å². The summed E-state index contributed by atoms with van der Waals surface area (Å²) in [5.41, 5.74) is 22.1. The summed E-state index contributed by atoms with van der Waals surface area (Å²) in [6.45, 7) is 0.115. The predicted octanol–water partition coefficient (Wildman–Crippen LogP) is 9.45. The molecule has 1 aromatic heterocycles. The standard InChI is InChI=1S/C52H31B2N3/c1-3-16-34(17-4-1)55-46-27-26-39-37-21-10-12-24-43(37)54-42-23-11-9-20-36(42)38-22-13-25-44-51(38)57(54)52(39)50(46)53(44)45-30-41-40-28-32-14-7-8-15-33(32)29-47(40)56(48(41)31-49(45)55)35-18-5-2-6-19-35/h1-31H. The van der Waals surface area contributed by atoms with E-state index in [4.69, 9.17) is 0 Å². The minimum Gasteiger partial charge on any atom is -0.377 e. The van der Waals surface area contributed by atoms with Crippen LogP contribution in [0.3, 0.4) is 0 Å². The predicted molar refractivity (Wildman–Crippen MR) is 242 cm³/mol. The molecule has 0 saturated carbocycles. The molecule has 0 saturated heterocycles. The van der Waals surface area contributed by atoms with Gasteiger partial charge in [0.1, 0.15) is 0 Å². The average molecular weight is 719 g/mol. The van der Waals surface area contributed by atoms with Crippen LogP contribution in [0.15, 0.2) is 188 Å². The third-order valence-electron chi connectivity index (χ3n) is 13.3. The molecule has 0 unspecified atom stereocenters. The van der Waals surface area contributed by atoms with Crippen LogP contribution in [0.2, 0.25) is 0 Å². The molecule has 9 aromatic carbocycles. The molecule has 0 spiro atoms. The van der Waals surface area contributed by atoms with Crippen molar-refractivity contribution in [3.8, 4) is 27.9 Å². The Kier molecular flexibility index (Phi) is 5.66. The number of benzene rings is 9. The Morgan fingerprint density at radius 1 is 0.368 bits per heavy atom. The first kappa shape index (κ1) is 30.0. The highest BCUT2D eigenvalue weighted by molar-refractivity contribution is 7.03. The maximum absolute atomic E-state index is 2.72. The van der Waals surface area contributed by atoms with Crippen molar-refractivity contribution in [1.29, 1.82) is 0 Å². The Labute approximate surface area is 330 Å². The van der Waals surface area contributed by atoms with E-state index in [2.05, 4.69) is 202 Å². The van der Waals surface area contributed by atoms with Gasteiger partial charge >= 0.3 is 6.85 Å². The summed E-state index contributed by atoms with van der Waals surface area (Å²) >= 11 is 0. The van der Waals surface area contributed by atoms with E-state index in [0.717, 1.165) is 11.4 Å². The van der Waals surface area contributed by atoms with Crippen LogP contribution in [-0.2, 0) is 0 Å². The van der Waals surface area contributed by atoms with Crippen molar-refractivity contribution in [1.82, 2.24) is 4.57 Å². The molecule has 14 rings (SSSR count). The summed E-state index contributed by atoms with van der Waals surface area (Å²) in [6.07, 6.45) is 0. The second-order valence-corrected chi connectivity index (χ2v) is 16.0. The average Bonchev–Trinajstić information content (AvgIpc) is 3.58. The zero-order valence-corrected chi connectivity index (χ0v) is 30.9. The Hall–Kier alpha value is -7.23. The van der Waals surface area contributed by atoms with Gasteiger partial charge in [0.05, 0.1) is 11.0 Å². The summed E-state index contributed by atoms with van der Waals surface area (Å²) in [4.78, 5) is 5.27. The van der Waals surface area contributed by atoms with Crippen LogP contribution in [0, 0.1) is 0 Å². The lowest BCUT2D eigenvalue weighted by Gasteiger charge is -2.51. The SMILES string of the molecule is c1ccc(N2c3cc4c(cc3B3c5cccc6c5N5B(c7ccccc7-6)c6ccccc6-c6ccc2c3c65)c2cc3ccccc3cc2n4-c2ccccc2)cc1. The Morgan fingerprint density at radius 2 is 0.947 bits per heavy atom. The second kappa shape index (κ2) is 10.7. The number of hydrogen-bond acceptors (Lipinski definition) is 2. The van der Waals surface area contributed by atoms with Crippen LogP contribution in [0.1, 0.15) is 0 Å². The van der Waals surface area contributed by atoms with Crippen LogP contribution in [0.4, 0.5) is 28.4 Å². The zero-order chi connectivity index (χ0) is 36.9. The highest BCUT2D eigenvalue weighted by Crippen LogP contribution is 2.51. The molecule has 4 aliphatic heterocycles. The monoisotopic (exact) mass is 719 g/mol. The summed E-state index contributed by atoms with van der Waals surface area (Å²) in [5, 5.41) is 5.06. The molecule has 0 aliphatic carbocycles. The first-order valence-electron chi connectivity index (χ1n) is 20.0. The lowest BCUT2D eigenvalue weighted by molar-refractivity contribution is 1.18. The minimum atomic E-state index is 0.0345. The van der Waals surface area contributed by atoms with Gasteiger partial charge in [-0.1, -0.05) is 140 Å². The van der Waals surface area contributed by atoms with E-state index in [1.165, 1.54) is 105 Å². The van der Waals surface area contributed by atoms with Gasteiger partial charge in [-0.15, -0.1) is 0 Å². The maximum Gasteiger partial charge on any atom is 0.329 e. The molecular formula is C52H31B2N3. The number of para-hydroxylation sites is 3. The third kappa shape index (κ3) is 3.75. The molecule has 260 valence electrons. The fourth-order valence-electron chi connectivity index (χ4n) is 11.1. The number of anilines is 5. The number of aromatic nitrogens is 1. The number of hydrogen-bond donors (Lipinski definition) is 0. The highest BCUT2D eigenvalue weighted by atomic mass is 15.2. The lowest BCUT2D eigenvalue weighted by Crippen LogP contribution is -2.69. The van der Waals surface area contributed by atoms with E-state index in [1.54, 1.807) is 0 Å². The molecule has 4 aliphatic rings. The Balaban J connectivity index is 1.17. The number of fused-ring (bicyclic) bond motifs is 13. The maximum atomic E-state index is 2.72. The van der Waals surface area contributed by atoms with Crippen LogP contribution < -0.4 is 37.0 Å². The molecule has 0 N–H and O–H groups in total. The van der Waals surface area contributed by atoms with Crippen LogP contribution in [-0.4, -0.2) is 18.1 Å². The molecular weight excluding hydrogens is 688 g/mol. The van der Waals surface area contributed by atoms with Crippen molar-refractivity contribution in [3.63, 3.8) is 0 Å². The van der Waals surface area contributed by atoms with Gasteiger partial charge in [0.2, 0.25) is 0 Å². The van der Waals surface area contributed by atoms with Crippen molar-refractivity contribution in [3.05, 3.63) is 188 Å². The van der Waals surface area contributed by atoms with E-state index in [1.807, 2.05) is 0 Å². The molecule has 0 fully saturated rings. The van der Waals surface area contributed by atoms with Gasteiger partial charge in [-0.2, -0.15) is 0 Å². The van der Waals surface area contributed by atoms with Crippen LogP contribution in [0.5, 0.6) is 0 Å². The Morgan fingerprint density at radius 3 is 1.70 bits per heavy atom. The summed E-state index contributed by atoms with van der Waals surface area (Å²) in [7, 11) is 0. The van der Waals surface area contributed by atoms with E-state index in [0.29, 0.717) is 0 Å². The fourth-order valence-corrected chi connectivity index (χ4v) is 11.1. The third-order valence-corrected chi connectivity index (χ3v) is 13.3. The molecule has 57 heavy (non-hydrogen) atoms. The van der Waals surface area contributed by atoms with Gasteiger partial charge in [0.15, 0.2) is 0 Å². The molecule has 3 nitrogen and oxygen atoms in total. The molecule has 0 atom stereocenters. The van der Waals surface area contributed by atoms with E-state index in [-0.39, 0.29) is 13.6 Å². The first-order chi connectivity index (χ1) is 28.3. The van der Waals surface area contributed by atoms with E-state index in [9.17, 15) is 0 Å².